The van der Waals surface area contributed by atoms with Gasteiger partial charge in [-0.05, 0) is 11.6 Å². The van der Waals surface area contributed by atoms with Crippen LogP contribution in [0.4, 0.5) is 8.78 Å². The number of carboxylic acid groups (broad SMARTS) is 1. The van der Waals surface area contributed by atoms with Gasteiger partial charge in [0.05, 0.1) is 0 Å². The first-order valence-electron chi connectivity index (χ1n) is 5.42. The van der Waals surface area contributed by atoms with Gasteiger partial charge in [-0.2, -0.15) is 8.78 Å². The number of ether oxygens (including phenoxy) is 1. The number of carbonyl (C=O) groups excluding carboxylic acids is 1. The molecule has 0 spiro atoms. The summed E-state index contributed by atoms with van der Waals surface area (Å²) < 4.78 is 28.7. The lowest BCUT2D eigenvalue weighted by atomic mass is 10.0. The molecule has 0 saturated carbocycles. The van der Waals surface area contributed by atoms with Crippen molar-refractivity contribution in [1.29, 1.82) is 0 Å². The van der Waals surface area contributed by atoms with Gasteiger partial charge in [-0.25, -0.2) is 4.79 Å². The van der Waals surface area contributed by atoms with E-state index in [9.17, 15) is 18.4 Å². The van der Waals surface area contributed by atoms with Crippen molar-refractivity contribution in [3.05, 3.63) is 29.8 Å². The lowest BCUT2D eigenvalue weighted by Gasteiger charge is -2.16. The quantitative estimate of drug-likeness (QED) is 0.822. The molecular formula is C12H13F2NO4. The minimum absolute atomic E-state index is 0.103. The van der Waals surface area contributed by atoms with Crippen molar-refractivity contribution in [3.8, 4) is 5.75 Å². The first-order chi connectivity index (χ1) is 8.90. The fourth-order valence-electron chi connectivity index (χ4n) is 1.55. The lowest BCUT2D eigenvalue weighted by molar-refractivity contribution is -0.141. The molecule has 104 valence electrons. The third-order valence-corrected chi connectivity index (χ3v) is 2.29. The lowest BCUT2D eigenvalue weighted by Crippen LogP contribution is -2.41. The van der Waals surface area contributed by atoms with Crippen LogP contribution in [0.1, 0.15) is 12.5 Å². The smallest absolute Gasteiger partial charge is 0.387 e. The summed E-state index contributed by atoms with van der Waals surface area (Å²) in [5, 5.41) is 11.2. The molecule has 0 bridgehead atoms. The summed E-state index contributed by atoms with van der Waals surface area (Å²) in [6, 6.07) is 4.65. The van der Waals surface area contributed by atoms with E-state index < -0.39 is 24.5 Å². The zero-order valence-corrected chi connectivity index (χ0v) is 10.1. The largest absolute Gasteiger partial charge is 0.480 e. The highest BCUT2D eigenvalue weighted by molar-refractivity contribution is 5.82. The number of carboxylic acids is 1. The fourth-order valence-corrected chi connectivity index (χ4v) is 1.55. The summed E-state index contributed by atoms with van der Waals surface area (Å²) in [6.45, 7) is -1.82. The van der Waals surface area contributed by atoms with Gasteiger partial charge in [-0.15, -0.1) is 0 Å². The van der Waals surface area contributed by atoms with Crippen LogP contribution in [0.25, 0.3) is 0 Å². The number of rotatable bonds is 6. The maximum Gasteiger partial charge on any atom is 0.387 e. The molecule has 1 atom stereocenters. The molecule has 0 fully saturated rings. The number of nitrogens with one attached hydrogen (secondary N) is 1. The van der Waals surface area contributed by atoms with E-state index in [2.05, 4.69) is 10.1 Å². The van der Waals surface area contributed by atoms with Crippen LogP contribution in [-0.2, 0) is 16.0 Å². The van der Waals surface area contributed by atoms with E-state index in [1.165, 1.54) is 25.1 Å². The molecule has 0 aromatic heterocycles. The maximum absolute atomic E-state index is 12.2. The molecule has 0 aliphatic carbocycles. The van der Waals surface area contributed by atoms with Crippen LogP contribution in [0.2, 0.25) is 0 Å². The zero-order chi connectivity index (χ0) is 14.4. The Balaban J connectivity index is 2.89. The van der Waals surface area contributed by atoms with E-state index in [0.717, 1.165) is 0 Å². The number of benzene rings is 1. The SMILES string of the molecule is CC(=O)NC(Cc1ccccc1OC(F)F)C(=O)O. The number of aliphatic carboxylic acids is 1. The molecule has 1 aromatic rings. The van der Waals surface area contributed by atoms with Crippen molar-refractivity contribution in [2.75, 3.05) is 0 Å². The third kappa shape index (κ3) is 4.90. The van der Waals surface area contributed by atoms with Gasteiger partial charge in [0.1, 0.15) is 11.8 Å². The second kappa shape index (κ2) is 6.67. The summed E-state index contributed by atoms with van der Waals surface area (Å²) in [7, 11) is 0. The number of carbonyl (C=O) groups is 2. The van der Waals surface area contributed by atoms with Crippen molar-refractivity contribution in [3.63, 3.8) is 0 Å². The van der Waals surface area contributed by atoms with Crippen LogP contribution in [0.3, 0.4) is 0 Å². The van der Waals surface area contributed by atoms with E-state index >= 15 is 0 Å². The summed E-state index contributed by atoms with van der Waals surface area (Å²) in [4.78, 5) is 21.9. The number of para-hydroxylation sites is 1. The maximum atomic E-state index is 12.2. The fraction of sp³-hybridized carbons (Fsp3) is 0.333. The second-order valence-corrected chi connectivity index (χ2v) is 3.78. The molecule has 1 amide bonds. The van der Waals surface area contributed by atoms with Gasteiger partial charge in [-0.3, -0.25) is 4.79 Å². The molecule has 19 heavy (non-hydrogen) atoms. The summed E-state index contributed by atoms with van der Waals surface area (Å²) in [5.74, 6) is -1.86. The van der Waals surface area contributed by atoms with E-state index in [4.69, 9.17) is 5.11 Å². The average Bonchev–Trinajstić information content (AvgIpc) is 2.29. The molecule has 1 unspecified atom stereocenters. The van der Waals surface area contributed by atoms with Crippen LogP contribution in [0, 0.1) is 0 Å². The number of alkyl halides is 2. The zero-order valence-electron chi connectivity index (χ0n) is 10.1. The molecule has 0 aliphatic heterocycles. The number of halogens is 2. The van der Waals surface area contributed by atoms with Gasteiger partial charge < -0.3 is 15.2 Å². The first-order valence-corrected chi connectivity index (χ1v) is 5.42. The summed E-state index contributed by atoms with van der Waals surface area (Å²) in [6.07, 6.45) is -0.141. The Morgan fingerprint density at radius 1 is 1.37 bits per heavy atom. The summed E-state index contributed by atoms with van der Waals surface area (Å²) >= 11 is 0. The standard InChI is InChI=1S/C12H13F2NO4/c1-7(16)15-9(11(17)18)6-8-4-2-3-5-10(8)19-12(13)14/h2-5,9,12H,6H2,1H3,(H,15,16)(H,17,18). The predicted octanol–water partition coefficient (Wildman–Crippen LogP) is 1.42. The highest BCUT2D eigenvalue weighted by Crippen LogP contribution is 2.21. The van der Waals surface area contributed by atoms with Crippen molar-refractivity contribution in [1.82, 2.24) is 5.32 Å². The molecule has 5 nitrogen and oxygen atoms in total. The van der Waals surface area contributed by atoms with E-state index in [1.54, 1.807) is 6.07 Å². The van der Waals surface area contributed by atoms with Gasteiger partial charge in [-0.1, -0.05) is 18.2 Å². The minimum Gasteiger partial charge on any atom is -0.480 e. The molecule has 0 heterocycles. The third-order valence-electron chi connectivity index (χ3n) is 2.29. The van der Waals surface area contributed by atoms with Crippen molar-refractivity contribution in [2.45, 2.75) is 26.0 Å². The molecule has 7 heteroatoms. The molecule has 1 rings (SSSR count). The van der Waals surface area contributed by atoms with Crippen molar-refractivity contribution >= 4 is 11.9 Å². The Bertz CT molecular complexity index is 465. The van der Waals surface area contributed by atoms with Crippen molar-refractivity contribution in [2.24, 2.45) is 0 Å². The Labute approximate surface area is 108 Å². The summed E-state index contributed by atoms with van der Waals surface area (Å²) in [5.41, 5.74) is 0.281. The van der Waals surface area contributed by atoms with E-state index in [-0.39, 0.29) is 17.7 Å². The Hall–Kier alpha value is -2.18. The Kier molecular flexibility index (Phi) is 5.23. The number of hydrogen-bond donors (Lipinski definition) is 2. The molecule has 2 N–H and O–H groups in total. The second-order valence-electron chi connectivity index (χ2n) is 3.78. The first kappa shape index (κ1) is 14.9. The van der Waals surface area contributed by atoms with Crippen LogP contribution in [-0.4, -0.2) is 29.6 Å². The van der Waals surface area contributed by atoms with E-state index in [1.807, 2.05) is 0 Å². The monoisotopic (exact) mass is 273 g/mol. The molecular weight excluding hydrogens is 260 g/mol. The van der Waals surface area contributed by atoms with Crippen molar-refractivity contribution < 1.29 is 28.2 Å². The predicted molar refractivity (Wildman–Crippen MR) is 62.0 cm³/mol. The van der Waals surface area contributed by atoms with Gasteiger partial charge in [0.15, 0.2) is 0 Å². The molecule has 0 radical (unpaired) electrons. The van der Waals surface area contributed by atoms with Gasteiger partial charge >= 0.3 is 12.6 Å². The van der Waals surface area contributed by atoms with Gasteiger partial charge in [0.2, 0.25) is 5.91 Å². The Morgan fingerprint density at radius 3 is 2.53 bits per heavy atom. The minimum atomic E-state index is -3.00. The highest BCUT2D eigenvalue weighted by atomic mass is 19.3. The average molecular weight is 273 g/mol. The van der Waals surface area contributed by atoms with Crippen LogP contribution >= 0.6 is 0 Å². The number of hydrogen-bond acceptors (Lipinski definition) is 3. The van der Waals surface area contributed by atoms with Crippen LogP contribution in [0.5, 0.6) is 5.75 Å². The van der Waals surface area contributed by atoms with Gasteiger partial charge in [0, 0.05) is 13.3 Å². The van der Waals surface area contributed by atoms with Crippen LogP contribution in [0.15, 0.2) is 24.3 Å². The number of amides is 1. The van der Waals surface area contributed by atoms with Crippen LogP contribution < -0.4 is 10.1 Å². The molecule has 1 aromatic carbocycles. The van der Waals surface area contributed by atoms with E-state index in [0.29, 0.717) is 0 Å². The molecule has 0 saturated heterocycles. The normalized spacial score (nSPS) is 12.0. The Morgan fingerprint density at radius 2 is 2.00 bits per heavy atom. The molecule has 0 aliphatic rings. The van der Waals surface area contributed by atoms with Gasteiger partial charge in [0.25, 0.3) is 0 Å². The topological polar surface area (TPSA) is 75.6 Å². The highest BCUT2D eigenvalue weighted by Gasteiger charge is 2.21.